The molecule has 1 aliphatic rings. The Morgan fingerprint density at radius 2 is 2.12 bits per heavy atom. The molecule has 0 saturated carbocycles. The fraction of sp³-hybridized carbons (Fsp3) is 0.769. The highest BCUT2D eigenvalue weighted by Crippen LogP contribution is 2.11. The van der Waals surface area contributed by atoms with Gasteiger partial charge in [-0.15, -0.1) is 6.58 Å². The van der Waals surface area contributed by atoms with Crippen molar-refractivity contribution in [2.45, 2.75) is 38.8 Å². The van der Waals surface area contributed by atoms with Crippen LogP contribution in [0.3, 0.4) is 0 Å². The molecule has 1 amide bonds. The summed E-state index contributed by atoms with van der Waals surface area (Å²) in [6.07, 6.45) is 3.97. The van der Waals surface area contributed by atoms with Crippen molar-refractivity contribution in [2.75, 3.05) is 19.6 Å². The third-order valence-electron chi connectivity index (χ3n) is 3.52. The maximum absolute atomic E-state index is 11.8. The number of carbonyl (C=O) groups is 1. The number of nitrogens with zero attached hydrogens (tertiary/aromatic N) is 1. The van der Waals surface area contributed by atoms with Crippen molar-refractivity contribution in [1.29, 1.82) is 0 Å². The Bertz CT molecular complexity index is 257. The van der Waals surface area contributed by atoms with Gasteiger partial charge in [-0.2, -0.15) is 0 Å². The van der Waals surface area contributed by atoms with Crippen molar-refractivity contribution in [3.05, 3.63) is 12.7 Å². The lowest BCUT2D eigenvalue weighted by Crippen LogP contribution is -2.48. The van der Waals surface area contributed by atoms with E-state index in [1.807, 2.05) is 19.9 Å². The van der Waals surface area contributed by atoms with Gasteiger partial charge in [0.1, 0.15) is 0 Å². The summed E-state index contributed by atoms with van der Waals surface area (Å²) in [6, 6.07) is 0.223. The van der Waals surface area contributed by atoms with E-state index in [-0.39, 0.29) is 17.9 Å². The van der Waals surface area contributed by atoms with Crippen molar-refractivity contribution in [3.8, 4) is 0 Å². The number of carbonyl (C=O) groups excluding carboxylic acids is 1. The first kappa shape index (κ1) is 14.2. The summed E-state index contributed by atoms with van der Waals surface area (Å²) in [6.45, 7) is 10.5. The highest BCUT2D eigenvalue weighted by molar-refractivity contribution is 5.79. The van der Waals surface area contributed by atoms with Crippen LogP contribution in [0.4, 0.5) is 0 Å². The average molecular weight is 239 g/mol. The molecular weight excluding hydrogens is 214 g/mol. The molecule has 0 radical (unpaired) electrons. The van der Waals surface area contributed by atoms with Crippen LogP contribution >= 0.6 is 0 Å². The van der Waals surface area contributed by atoms with Gasteiger partial charge in [0.05, 0.1) is 0 Å². The summed E-state index contributed by atoms with van der Waals surface area (Å²) in [5.41, 5.74) is 5.72. The van der Waals surface area contributed by atoms with Crippen molar-refractivity contribution >= 4 is 5.91 Å². The Morgan fingerprint density at radius 1 is 1.53 bits per heavy atom. The Morgan fingerprint density at radius 3 is 2.59 bits per heavy atom. The molecule has 1 fully saturated rings. The predicted octanol–water partition coefficient (Wildman–Crippen LogP) is 0.736. The Hall–Kier alpha value is -0.870. The van der Waals surface area contributed by atoms with Gasteiger partial charge in [0.25, 0.3) is 0 Å². The van der Waals surface area contributed by atoms with Gasteiger partial charge >= 0.3 is 0 Å². The molecule has 0 aliphatic carbocycles. The molecule has 0 bridgehead atoms. The van der Waals surface area contributed by atoms with Gasteiger partial charge in [-0.05, 0) is 19.8 Å². The summed E-state index contributed by atoms with van der Waals surface area (Å²) in [4.78, 5) is 14.2. The van der Waals surface area contributed by atoms with Crippen molar-refractivity contribution in [2.24, 2.45) is 11.7 Å². The number of hydrogen-bond acceptors (Lipinski definition) is 3. The van der Waals surface area contributed by atoms with E-state index < -0.39 is 0 Å². The third-order valence-corrected chi connectivity index (χ3v) is 3.52. The summed E-state index contributed by atoms with van der Waals surface area (Å²) < 4.78 is 0. The summed E-state index contributed by atoms with van der Waals surface area (Å²) in [5, 5.41) is 3.09. The third kappa shape index (κ3) is 4.48. The highest BCUT2D eigenvalue weighted by atomic mass is 16.1. The molecule has 4 heteroatoms. The number of rotatable bonds is 5. The molecule has 2 unspecified atom stereocenters. The summed E-state index contributed by atoms with van der Waals surface area (Å²) in [7, 11) is 0. The van der Waals surface area contributed by atoms with Crippen LogP contribution in [0, 0.1) is 5.92 Å². The number of piperidine rings is 1. The normalized spacial score (nSPS) is 21.8. The van der Waals surface area contributed by atoms with Crippen LogP contribution in [0.2, 0.25) is 0 Å². The molecule has 3 N–H and O–H groups in total. The molecule has 0 aromatic carbocycles. The zero-order valence-electron chi connectivity index (χ0n) is 11.0. The monoisotopic (exact) mass is 239 g/mol. The molecule has 4 nitrogen and oxygen atoms in total. The van der Waals surface area contributed by atoms with Gasteiger partial charge in [0.2, 0.25) is 5.91 Å². The lowest BCUT2D eigenvalue weighted by Gasteiger charge is -2.32. The van der Waals surface area contributed by atoms with Crippen LogP contribution in [0.1, 0.15) is 26.7 Å². The second-order valence-corrected chi connectivity index (χ2v) is 5.02. The van der Waals surface area contributed by atoms with Crippen LogP contribution in [0.15, 0.2) is 12.7 Å². The largest absolute Gasteiger partial charge is 0.353 e. The van der Waals surface area contributed by atoms with Crippen molar-refractivity contribution in [1.82, 2.24) is 10.2 Å². The molecule has 1 rings (SSSR count). The molecule has 0 aromatic heterocycles. The number of hydrogen-bond donors (Lipinski definition) is 2. The number of amides is 1. The van der Waals surface area contributed by atoms with Gasteiger partial charge in [0.15, 0.2) is 0 Å². The molecule has 17 heavy (non-hydrogen) atoms. The maximum atomic E-state index is 11.8. The van der Waals surface area contributed by atoms with Crippen LogP contribution in [-0.2, 0) is 4.79 Å². The zero-order valence-corrected chi connectivity index (χ0v) is 11.0. The maximum Gasteiger partial charge on any atom is 0.224 e. The Balaban J connectivity index is 2.30. The molecule has 0 spiro atoms. The van der Waals surface area contributed by atoms with Crippen LogP contribution in [0.5, 0.6) is 0 Å². The first-order valence-electron chi connectivity index (χ1n) is 6.43. The number of nitrogens with one attached hydrogen (secondary N) is 1. The smallest absolute Gasteiger partial charge is 0.224 e. The van der Waals surface area contributed by atoms with E-state index in [1.165, 1.54) is 0 Å². The van der Waals surface area contributed by atoms with Crippen molar-refractivity contribution < 1.29 is 4.79 Å². The van der Waals surface area contributed by atoms with Gasteiger partial charge in [-0.25, -0.2) is 0 Å². The van der Waals surface area contributed by atoms with E-state index in [4.69, 9.17) is 5.73 Å². The van der Waals surface area contributed by atoms with Crippen LogP contribution in [-0.4, -0.2) is 42.5 Å². The molecular formula is C13H25N3O. The molecule has 98 valence electrons. The fourth-order valence-corrected chi connectivity index (χ4v) is 2.01. The highest BCUT2D eigenvalue weighted by Gasteiger charge is 2.23. The van der Waals surface area contributed by atoms with E-state index in [2.05, 4.69) is 16.8 Å². The van der Waals surface area contributed by atoms with E-state index in [0.717, 1.165) is 32.5 Å². The SMILES string of the molecule is C=CCN1CCC(NC(=O)C(C)C(C)N)CC1. The minimum absolute atomic E-state index is 0.0853. The molecule has 1 aliphatic heterocycles. The minimum atomic E-state index is -0.110. The zero-order chi connectivity index (χ0) is 12.8. The van der Waals surface area contributed by atoms with Gasteiger partial charge < -0.3 is 11.1 Å². The topological polar surface area (TPSA) is 58.4 Å². The second-order valence-electron chi connectivity index (χ2n) is 5.02. The number of likely N-dealkylation sites (tertiary alicyclic amines) is 1. The second kappa shape index (κ2) is 6.77. The van der Waals surface area contributed by atoms with Gasteiger partial charge in [-0.3, -0.25) is 9.69 Å². The standard InChI is InChI=1S/C13H25N3O/c1-4-7-16-8-5-12(6-9-16)15-13(17)10(2)11(3)14/h4,10-12H,1,5-9,14H2,2-3H3,(H,15,17). The first-order chi connectivity index (χ1) is 8.04. The quantitative estimate of drug-likeness (QED) is 0.696. The van der Waals surface area contributed by atoms with Crippen LogP contribution < -0.4 is 11.1 Å². The lowest BCUT2D eigenvalue weighted by molar-refractivity contribution is -0.126. The summed E-state index contributed by atoms with van der Waals surface area (Å²) in [5.74, 6) is -0.0247. The summed E-state index contributed by atoms with van der Waals surface area (Å²) >= 11 is 0. The molecule has 1 heterocycles. The predicted molar refractivity (Wildman–Crippen MR) is 70.6 cm³/mol. The lowest BCUT2D eigenvalue weighted by atomic mass is 10.0. The van der Waals surface area contributed by atoms with E-state index >= 15 is 0 Å². The molecule has 1 saturated heterocycles. The average Bonchev–Trinajstić information content (AvgIpc) is 2.30. The van der Waals surface area contributed by atoms with E-state index in [0.29, 0.717) is 6.04 Å². The van der Waals surface area contributed by atoms with E-state index in [1.54, 1.807) is 0 Å². The number of nitrogens with two attached hydrogens (primary N) is 1. The van der Waals surface area contributed by atoms with Gasteiger partial charge in [0, 0.05) is 37.6 Å². The first-order valence-corrected chi connectivity index (χ1v) is 6.43. The minimum Gasteiger partial charge on any atom is -0.353 e. The van der Waals surface area contributed by atoms with E-state index in [9.17, 15) is 4.79 Å². The molecule has 0 aromatic rings. The Labute approximate surface area is 104 Å². The Kier molecular flexibility index (Phi) is 5.65. The molecule has 2 atom stereocenters. The fourth-order valence-electron chi connectivity index (χ4n) is 2.01. The van der Waals surface area contributed by atoms with Gasteiger partial charge in [-0.1, -0.05) is 13.0 Å². The van der Waals surface area contributed by atoms with Crippen LogP contribution in [0.25, 0.3) is 0 Å². The van der Waals surface area contributed by atoms with Crippen molar-refractivity contribution in [3.63, 3.8) is 0 Å².